The molecule has 5 fully saturated rings. The van der Waals surface area contributed by atoms with Crippen LogP contribution in [0.25, 0.3) is 0 Å². The zero-order chi connectivity index (χ0) is 45.9. The minimum absolute atomic E-state index is 0.292. The Bertz CT molecular complexity index is 1440. The van der Waals surface area contributed by atoms with Crippen molar-refractivity contribution in [3.05, 3.63) is 0 Å². The lowest BCUT2D eigenvalue weighted by atomic mass is 9.91. The molecule has 360 valence electrons. The minimum Gasteiger partial charge on any atom is -0.394 e. The van der Waals surface area contributed by atoms with Crippen molar-refractivity contribution in [1.29, 1.82) is 0 Å². The summed E-state index contributed by atoms with van der Waals surface area (Å²) in [5, 5.41) is 144. The summed E-state index contributed by atoms with van der Waals surface area (Å²) in [7, 11) is 0. The Balaban J connectivity index is 1.50. The number of rotatable bonds is 15. The molecular weight excluding hydrogens is 844 g/mol. The smallest absolute Gasteiger partial charge is 0.217 e. The quantitative estimate of drug-likeness (QED) is 0.0725. The standard InChI is InChI=1S/C36H62N2O24/c1-5-13-18(37-11(3)43)23(48)29(16(8-41)55-13)59-36-28(53)32(22(47)15(7-40)57-36)62-33-19(38-12(4)44)31(61-34-26(51)24(49)20(45)10(2)54-34)30(17(9-42)58-33)60-35-27(52)25(50)21(46)14(6-39)56-35/h10,13-36,39-42,45-53H,5-9H2,1-4H3,(H,37,43)(H,38,44)/t10?,13-,14?,15?,16?,17?,18?,19-,20+,21-,22-,23+,24+,25?,26?,27-,28-,29+,30+,31?,32?,33-,34-,35-,36-/m0/s1. The minimum atomic E-state index is -2.07. The van der Waals surface area contributed by atoms with Gasteiger partial charge in [-0.25, -0.2) is 0 Å². The summed E-state index contributed by atoms with van der Waals surface area (Å²) < 4.78 is 53.0. The second kappa shape index (κ2) is 22.0. The second-order valence-electron chi connectivity index (χ2n) is 16.0. The molecule has 0 bridgehead atoms. The molecule has 0 aromatic rings. The maximum absolute atomic E-state index is 12.9. The van der Waals surface area contributed by atoms with E-state index in [1.54, 1.807) is 6.92 Å². The summed E-state index contributed by atoms with van der Waals surface area (Å²) in [4.78, 5) is 24.9. The summed E-state index contributed by atoms with van der Waals surface area (Å²) in [5.41, 5.74) is 0. The fourth-order valence-electron chi connectivity index (χ4n) is 8.24. The van der Waals surface area contributed by atoms with Crippen LogP contribution in [0.3, 0.4) is 0 Å². The van der Waals surface area contributed by atoms with Gasteiger partial charge in [-0.2, -0.15) is 0 Å². The van der Waals surface area contributed by atoms with Gasteiger partial charge >= 0.3 is 0 Å². The van der Waals surface area contributed by atoms with E-state index in [-0.39, 0.29) is 0 Å². The molecule has 25 atom stereocenters. The number of ether oxygens (including phenoxy) is 9. The van der Waals surface area contributed by atoms with Crippen LogP contribution in [-0.2, 0) is 52.2 Å². The molecule has 0 aliphatic carbocycles. The van der Waals surface area contributed by atoms with E-state index in [0.29, 0.717) is 6.42 Å². The maximum Gasteiger partial charge on any atom is 0.217 e. The van der Waals surface area contributed by atoms with Gasteiger partial charge < -0.3 is 120 Å². The van der Waals surface area contributed by atoms with Crippen molar-refractivity contribution in [2.24, 2.45) is 0 Å². The zero-order valence-corrected chi connectivity index (χ0v) is 34.3. The van der Waals surface area contributed by atoms with Gasteiger partial charge in [-0.05, 0) is 13.3 Å². The van der Waals surface area contributed by atoms with E-state index in [9.17, 15) is 76.0 Å². The van der Waals surface area contributed by atoms with Gasteiger partial charge in [-0.3, -0.25) is 9.59 Å². The zero-order valence-electron chi connectivity index (χ0n) is 34.3. The molecule has 0 radical (unpaired) electrons. The fourth-order valence-corrected chi connectivity index (χ4v) is 8.24. The number of carbonyl (C=O) groups is 2. The van der Waals surface area contributed by atoms with E-state index in [0.717, 1.165) is 6.92 Å². The Labute approximate surface area is 354 Å². The number of aliphatic hydroxyl groups is 13. The molecule has 5 heterocycles. The van der Waals surface area contributed by atoms with Gasteiger partial charge in [0.2, 0.25) is 11.8 Å². The largest absolute Gasteiger partial charge is 0.394 e. The predicted molar refractivity (Wildman–Crippen MR) is 196 cm³/mol. The molecule has 0 aromatic heterocycles. The first-order chi connectivity index (χ1) is 29.3. The number of hydrogen-bond acceptors (Lipinski definition) is 24. The highest BCUT2D eigenvalue weighted by Gasteiger charge is 2.58. The molecule has 5 rings (SSSR count). The average molecular weight is 907 g/mol. The van der Waals surface area contributed by atoms with Crippen LogP contribution in [0.4, 0.5) is 0 Å². The lowest BCUT2D eigenvalue weighted by molar-refractivity contribution is -0.389. The summed E-state index contributed by atoms with van der Waals surface area (Å²) in [6.45, 7) is 1.81. The van der Waals surface area contributed by atoms with Crippen LogP contribution >= 0.6 is 0 Å². The molecule has 26 nitrogen and oxygen atoms in total. The SMILES string of the molecule is CC[C@@H]1OC(CO)[C@@H](O[C@@H]2OC(CO)[C@H](O)C(O[C@@H]3OC(CO)[C@@H](O[C@@H]4OC(CO)[C@H](O)C(O)[C@@H]4O)C(O[C@@H]4OC(C)[C@@H](O)[C@@H](O)C4O)[C@@H]3NC(C)=O)[C@@H]2O)[C@H](O)C1NC(C)=O. The summed E-state index contributed by atoms with van der Waals surface area (Å²) in [5.74, 6) is -1.34. The highest BCUT2D eigenvalue weighted by atomic mass is 16.8. The van der Waals surface area contributed by atoms with Crippen LogP contribution in [0.5, 0.6) is 0 Å². The third kappa shape index (κ3) is 10.8. The van der Waals surface area contributed by atoms with Gasteiger partial charge in [-0.1, -0.05) is 6.92 Å². The summed E-state index contributed by atoms with van der Waals surface area (Å²) in [6, 6.07) is -2.78. The van der Waals surface area contributed by atoms with Gasteiger partial charge in [0.25, 0.3) is 0 Å². The Morgan fingerprint density at radius 3 is 1.42 bits per heavy atom. The molecule has 15 N–H and O–H groups in total. The first kappa shape index (κ1) is 51.1. The molecule has 5 aliphatic heterocycles. The summed E-state index contributed by atoms with van der Waals surface area (Å²) >= 11 is 0. The number of aliphatic hydroxyl groups excluding tert-OH is 13. The molecule has 0 aromatic carbocycles. The van der Waals surface area contributed by atoms with Gasteiger partial charge in [0.15, 0.2) is 25.2 Å². The lowest BCUT2D eigenvalue weighted by Gasteiger charge is -2.52. The van der Waals surface area contributed by atoms with E-state index in [1.807, 2.05) is 0 Å². The van der Waals surface area contributed by atoms with Crippen molar-refractivity contribution < 1.29 is 119 Å². The Hall–Kier alpha value is -1.94. The molecule has 2 amide bonds. The fraction of sp³-hybridized carbons (Fsp3) is 0.944. The molecule has 5 saturated heterocycles. The Kier molecular flexibility index (Phi) is 18.1. The Morgan fingerprint density at radius 2 is 0.871 bits per heavy atom. The highest BCUT2D eigenvalue weighted by molar-refractivity contribution is 5.73. The van der Waals surface area contributed by atoms with Crippen molar-refractivity contribution in [3.63, 3.8) is 0 Å². The number of nitrogens with one attached hydrogen (secondary N) is 2. The van der Waals surface area contributed by atoms with E-state index >= 15 is 0 Å². The lowest BCUT2D eigenvalue weighted by Crippen LogP contribution is -2.71. The molecule has 0 spiro atoms. The monoisotopic (exact) mass is 906 g/mol. The summed E-state index contributed by atoms with van der Waals surface area (Å²) in [6.07, 6.45) is -39.0. The number of amides is 2. The normalized spacial score (nSPS) is 49.0. The average Bonchev–Trinajstić information content (AvgIpc) is 3.24. The van der Waals surface area contributed by atoms with Gasteiger partial charge in [-0.15, -0.1) is 0 Å². The van der Waals surface area contributed by atoms with Crippen LogP contribution < -0.4 is 10.6 Å². The van der Waals surface area contributed by atoms with Crippen LogP contribution in [0, 0.1) is 0 Å². The van der Waals surface area contributed by atoms with Crippen LogP contribution in [0.1, 0.15) is 34.1 Å². The van der Waals surface area contributed by atoms with Crippen molar-refractivity contribution in [3.8, 4) is 0 Å². The first-order valence-electron chi connectivity index (χ1n) is 20.3. The van der Waals surface area contributed by atoms with E-state index < -0.39 is 191 Å². The third-order valence-electron chi connectivity index (χ3n) is 11.6. The van der Waals surface area contributed by atoms with Gasteiger partial charge in [0.1, 0.15) is 110 Å². The van der Waals surface area contributed by atoms with Crippen LogP contribution in [0.15, 0.2) is 0 Å². The van der Waals surface area contributed by atoms with Gasteiger partial charge in [0.05, 0.1) is 44.7 Å². The number of hydrogen-bond donors (Lipinski definition) is 15. The molecular formula is C36H62N2O24. The van der Waals surface area contributed by atoms with E-state index in [2.05, 4.69) is 10.6 Å². The maximum atomic E-state index is 12.9. The molecule has 62 heavy (non-hydrogen) atoms. The van der Waals surface area contributed by atoms with Crippen molar-refractivity contribution >= 4 is 11.8 Å². The van der Waals surface area contributed by atoms with Crippen molar-refractivity contribution in [2.45, 2.75) is 187 Å². The predicted octanol–water partition coefficient (Wildman–Crippen LogP) is -9.15. The van der Waals surface area contributed by atoms with E-state index in [1.165, 1.54) is 13.8 Å². The molecule has 0 saturated carbocycles. The highest BCUT2D eigenvalue weighted by Crippen LogP contribution is 2.37. The van der Waals surface area contributed by atoms with Crippen molar-refractivity contribution in [1.82, 2.24) is 10.6 Å². The van der Waals surface area contributed by atoms with Crippen molar-refractivity contribution in [2.75, 3.05) is 26.4 Å². The van der Waals surface area contributed by atoms with Crippen LogP contribution in [0.2, 0.25) is 0 Å². The molecule has 26 heteroatoms. The molecule has 5 aliphatic rings. The third-order valence-corrected chi connectivity index (χ3v) is 11.6. The topological polar surface area (TPSA) is 404 Å². The first-order valence-corrected chi connectivity index (χ1v) is 20.3. The number of carbonyl (C=O) groups excluding carboxylic acids is 2. The van der Waals surface area contributed by atoms with E-state index in [4.69, 9.17) is 42.6 Å². The Morgan fingerprint density at radius 1 is 0.435 bits per heavy atom. The second-order valence-corrected chi connectivity index (χ2v) is 16.0. The van der Waals surface area contributed by atoms with Crippen LogP contribution in [-0.4, -0.2) is 258 Å². The van der Waals surface area contributed by atoms with Gasteiger partial charge in [0, 0.05) is 13.8 Å². The molecule has 10 unspecified atom stereocenters.